The summed E-state index contributed by atoms with van der Waals surface area (Å²) in [7, 11) is 0. The van der Waals surface area contributed by atoms with Gasteiger partial charge in [-0.2, -0.15) is 0 Å². The predicted molar refractivity (Wildman–Crippen MR) is 82.5 cm³/mol. The SMILES string of the molecule is CCOC(=O)c1sc(NC2CCCC2)c(C2CC2)c1N. The maximum absolute atomic E-state index is 12.0. The summed E-state index contributed by atoms with van der Waals surface area (Å²) in [6.07, 6.45) is 7.39. The van der Waals surface area contributed by atoms with Crippen LogP contribution in [0.25, 0.3) is 0 Å². The highest BCUT2D eigenvalue weighted by Gasteiger charge is 2.34. The van der Waals surface area contributed by atoms with E-state index in [1.807, 2.05) is 6.92 Å². The number of ether oxygens (including phenoxy) is 1. The highest BCUT2D eigenvalue weighted by Crippen LogP contribution is 2.51. The molecule has 3 rings (SSSR count). The summed E-state index contributed by atoms with van der Waals surface area (Å²) in [5, 5.41) is 4.73. The maximum atomic E-state index is 12.0. The Morgan fingerprint density at radius 2 is 2.05 bits per heavy atom. The van der Waals surface area contributed by atoms with Crippen LogP contribution in [-0.4, -0.2) is 18.6 Å². The Balaban J connectivity index is 1.87. The number of carbonyl (C=O) groups excluding carboxylic acids is 1. The zero-order chi connectivity index (χ0) is 14.1. The molecular formula is C15H22N2O2S. The first-order chi connectivity index (χ1) is 9.70. The molecule has 1 aromatic rings. The third-order valence-electron chi connectivity index (χ3n) is 4.12. The van der Waals surface area contributed by atoms with Crippen molar-refractivity contribution < 1.29 is 9.53 Å². The summed E-state index contributed by atoms with van der Waals surface area (Å²) in [5.74, 6) is 0.259. The molecule has 0 bridgehead atoms. The van der Waals surface area contributed by atoms with E-state index in [1.54, 1.807) is 0 Å². The van der Waals surface area contributed by atoms with Crippen LogP contribution in [0.2, 0.25) is 0 Å². The Morgan fingerprint density at radius 3 is 2.65 bits per heavy atom. The van der Waals surface area contributed by atoms with Gasteiger partial charge in [-0.1, -0.05) is 12.8 Å². The second-order valence-corrected chi connectivity index (χ2v) is 6.73. The lowest BCUT2D eigenvalue weighted by Gasteiger charge is -2.13. The summed E-state index contributed by atoms with van der Waals surface area (Å²) >= 11 is 1.48. The second-order valence-electron chi connectivity index (χ2n) is 5.71. The smallest absolute Gasteiger partial charge is 0.350 e. The fourth-order valence-corrected chi connectivity index (χ4v) is 4.12. The van der Waals surface area contributed by atoms with Crippen molar-refractivity contribution in [1.82, 2.24) is 0 Å². The van der Waals surface area contributed by atoms with Gasteiger partial charge in [0.25, 0.3) is 0 Å². The molecule has 0 aromatic carbocycles. The molecule has 2 aliphatic rings. The number of nitrogens with one attached hydrogen (secondary N) is 1. The van der Waals surface area contributed by atoms with Gasteiger partial charge < -0.3 is 15.8 Å². The summed E-state index contributed by atoms with van der Waals surface area (Å²) in [4.78, 5) is 12.6. The molecule has 2 fully saturated rings. The molecule has 0 atom stereocenters. The quantitative estimate of drug-likeness (QED) is 0.812. The summed E-state index contributed by atoms with van der Waals surface area (Å²) in [6.45, 7) is 2.21. The molecule has 3 N–H and O–H groups in total. The van der Waals surface area contributed by atoms with Crippen molar-refractivity contribution in [1.29, 1.82) is 0 Å². The molecule has 0 spiro atoms. The van der Waals surface area contributed by atoms with E-state index in [2.05, 4.69) is 5.32 Å². The fraction of sp³-hybridized carbons (Fsp3) is 0.667. The monoisotopic (exact) mass is 294 g/mol. The van der Waals surface area contributed by atoms with Gasteiger partial charge in [0.15, 0.2) is 0 Å². The molecule has 2 aliphatic carbocycles. The van der Waals surface area contributed by atoms with E-state index in [4.69, 9.17) is 10.5 Å². The highest BCUT2D eigenvalue weighted by atomic mass is 32.1. The first kappa shape index (κ1) is 13.7. The normalized spacial score (nSPS) is 19.2. The molecule has 1 aromatic heterocycles. The van der Waals surface area contributed by atoms with Crippen molar-refractivity contribution in [3.05, 3.63) is 10.4 Å². The van der Waals surface area contributed by atoms with Gasteiger partial charge in [0.05, 0.1) is 17.3 Å². The first-order valence-electron chi connectivity index (χ1n) is 7.56. The Labute approximate surface area is 123 Å². The topological polar surface area (TPSA) is 64.3 Å². The molecular weight excluding hydrogens is 272 g/mol. The number of carbonyl (C=O) groups is 1. The molecule has 0 aliphatic heterocycles. The van der Waals surface area contributed by atoms with Crippen LogP contribution in [0.5, 0.6) is 0 Å². The Hall–Kier alpha value is -1.23. The Bertz CT molecular complexity index is 502. The van der Waals surface area contributed by atoms with Gasteiger partial charge in [-0.15, -0.1) is 11.3 Å². The molecule has 4 nitrogen and oxygen atoms in total. The Morgan fingerprint density at radius 1 is 1.35 bits per heavy atom. The minimum absolute atomic E-state index is 0.281. The third-order valence-corrected chi connectivity index (χ3v) is 5.25. The number of thiophene rings is 1. The van der Waals surface area contributed by atoms with E-state index in [0.29, 0.717) is 29.1 Å². The molecule has 0 saturated heterocycles. The molecule has 110 valence electrons. The predicted octanol–water partition coefficient (Wildman–Crippen LogP) is 3.74. The van der Waals surface area contributed by atoms with Gasteiger partial charge in [0, 0.05) is 11.6 Å². The van der Waals surface area contributed by atoms with Crippen molar-refractivity contribution in [3.63, 3.8) is 0 Å². The molecule has 0 amide bonds. The molecule has 5 heteroatoms. The van der Waals surface area contributed by atoms with E-state index in [1.165, 1.54) is 55.4 Å². The van der Waals surface area contributed by atoms with E-state index in [-0.39, 0.29) is 5.97 Å². The van der Waals surface area contributed by atoms with E-state index >= 15 is 0 Å². The average molecular weight is 294 g/mol. The van der Waals surface area contributed by atoms with Gasteiger partial charge in [-0.3, -0.25) is 0 Å². The van der Waals surface area contributed by atoms with Crippen LogP contribution in [0.15, 0.2) is 0 Å². The number of esters is 1. The average Bonchev–Trinajstić information content (AvgIpc) is 3.01. The molecule has 1 heterocycles. The zero-order valence-corrected chi connectivity index (χ0v) is 12.7. The van der Waals surface area contributed by atoms with Gasteiger partial charge in [-0.25, -0.2) is 4.79 Å². The number of nitrogens with two attached hydrogens (primary N) is 1. The van der Waals surface area contributed by atoms with Crippen LogP contribution in [0.1, 0.15) is 66.6 Å². The third kappa shape index (κ3) is 2.64. The van der Waals surface area contributed by atoms with Crippen molar-refractivity contribution in [2.45, 2.75) is 57.4 Å². The van der Waals surface area contributed by atoms with Gasteiger partial charge in [-0.05, 0) is 38.5 Å². The number of anilines is 2. The summed E-state index contributed by atoms with van der Waals surface area (Å²) in [5.41, 5.74) is 8.04. The number of hydrogen-bond acceptors (Lipinski definition) is 5. The maximum Gasteiger partial charge on any atom is 0.350 e. The fourth-order valence-electron chi connectivity index (χ4n) is 2.94. The largest absolute Gasteiger partial charge is 0.462 e. The van der Waals surface area contributed by atoms with E-state index in [9.17, 15) is 4.79 Å². The van der Waals surface area contributed by atoms with Crippen LogP contribution in [0, 0.1) is 0 Å². The van der Waals surface area contributed by atoms with Crippen LogP contribution in [0.4, 0.5) is 10.7 Å². The minimum Gasteiger partial charge on any atom is -0.462 e. The van der Waals surface area contributed by atoms with Crippen molar-refractivity contribution >= 4 is 28.0 Å². The van der Waals surface area contributed by atoms with Crippen molar-refractivity contribution in [2.24, 2.45) is 0 Å². The van der Waals surface area contributed by atoms with Crippen LogP contribution in [0.3, 0.4) is 0 Å². The van der Waals surface area contributed by atoms with E-state index in [0.717, 1.165) is 5.00 Å². The number of nitrogen functional groups attached to an aromatic ring is 1. The first-order valence-corrected chi connectivity index (χ1v) is 8.38. The zero-order valence-electron chi connectivity index (χ0n) is 11.9. The lowest BCUT2D eigenvalue weighted by molar-refractivity contribution is 0.0533. The highest BCUT2D eigenvalue weighted by molar-refractivity contribution is 7.18. The molecule has 2 saturated carbocycles. The summed E-state index contributed by atoms with van der Waals surface area (Å²) < 4.78 is 5.11. The molecule has 20 heavy (non-hydrogen) atoms. The van der Waals surface area contributed by atoms with Crippen LogP contribution >= 0.6 is 11.3 Å². The standard InChI is InChI=1S/C15H22N2O2S/c1-2-19-15(18)13-12(16)11(9-7-8-9)14(20-13)17-10-5-3-4-6-10/h9-10,17H,2-8,16H2,1H3. The van der Waals surface area contributed by atoms with Crippen molar-refractivity contribution in [2.75, 3.05) is 17.7 Å². The van der Waals surface area contributed by atoms with Gasteiger partial charge in [0.2, 0.25) is 0 Å². The second kappa shape index (κ2) is 5.64. The molecule has 0 unspecified atom stereocenters. The minimum atomic E-state index is -0.281. The Kier molecular flexibility index (Phi) is 3.87. The van der Waals surface area contributed by atoms with Gasteiger partial charge in [0.1, 0.15) is 4.88 Å². The van der Waals surface area contributed by atoms with Crippen LogP contribution < -0.4 is 11.1 Å². The lowest BCUT2D eigenvalue weighted by Crippen LogP contribution is -2.14. The number of hydrogen-bond donors (Lipinski definition) is 2. The van der Waals surface area contributed by atoms with Gasteiger partial charge >= 0.3 is 5.97 Å². The molecule has 0 radical (unpaired) electrons. The van der Waals surface area contributed by atoms with Crippen molar-refractivity contribution in [3.8, 4) is 0 Å². The van der Waals surface area contributed by atoms with E-state index < -0.39 is 0 Å². The van der Waals surface area contributed by atoms with Crippen LogP contribution in [-0.2, 0) is 4.74 Å². The summed E-state index contributed by atoms with van der Waals surface area (Å²) in [6, 6.07) is 0.542. The lowest BCUT2D eigenvalue weighted by atomic mass is 10.1. The number of rotatable bonds is 5.